The number of para-hydroxylation sites is 2. The molecule has 0 aliphatic rings. The maximum atomic E-state index is 6.08. The number of pyridine rings is 1. The van der Waals surface area contributed by atoms with Crippen molar-refractivity contribution >= 4 is 57.1 Å². The number of furan rings is 1. The first-order valence-electron chi connectivity index (χ1n) is 9.08. The predicted octanol–water partition coefficient (Wildman–Crippen LogP) is 4.34. The van der Waals surface area contributed by atoms with Crippen LogP contribution in [-0.2, 0) is 0 Å². The van der Waals surface area contributed by atoms with Gasteiger partial charge in [-0.05, 0) is 24.3 Å². The fourth-order valence-corrected chi connectivity index (χ4v) is 4.14. The van der Waals surface area contributed by atoms with Crippen molar-refractivity contribution in [2.75, 3.05) is 0 Å². The molecule has 0 N–H and O–H groups in total. The molecule has 3 aromatic carbocycles. The highest BCUT2D eigenvalue weighted by Crippen LogP contribution is 2.36. The van der Waals surface area contributed by atoms with Crippen molar-refractivity contribution in [1.82, 2.24) is 9.55 Å². The smallest absolute Gasteiger partial charge is 0.149 e. The van der Waals surface area contributed by atoms with E-state index in [9.17, 15) is 0 Å². The Balaban J connectivity index is 1.86. The number of aromatic nitrogens is 2. The summed E-state index contributed by atoms with van der Waals surface area (Å²) >= 11 is 0. The van der Waals surface area contributed by atoms with Gasteiger partial charge in [0.05, 0.1) is 16.4 Å². The molecule has 0 saturated heterocycles. The van der Waals surface area contributed by atoms with Crippen molar-refractivity contribution in [3.8, 4) is 5.82 Å². The Bertz CT molecular complexity index is 1490. The molecule has 6 rings (SSSR count). The predicted molar refractivity (Wildman–Crippen MR) is 114 cm³/mol. The molecule has 0 amide bonds. The van der Waals surface area contributed by atoms with Gasteiger partial charge in [-0.2, -0.15) is 0 Å². The SMILES string of the molecule is Bc1ccc2c(c1)c1ccccc1n2-c1nccc2oc3ccccc3c12. The van der Waals surface area contributed by atoms with E-state index in [1.54, 1.807) is 0 Å². The molecule has 0 bridgehead atoms. The molecule has 126 valence electrons. The molecule has 4 heteroatoms. The summed E-state index contributed by atoms with van der Waals surface area (Å²) in [5.74, 6) is 0.910. The molecule has 3 aromatic heterocycles. The van der Waals surface area contributed by atoms with Crippen LogP contribution < -0.4 is 5.46 Å². The number of fused-ring (bicyclic) bond motifs is 6. The summed E-state index contributed by atoms with van der Waals surface area (Å²) in [6.07, 6.45) is 1.83. The first-order valence-corrected chi connectivity index (χ1v) is 9.08. The van der Waals surface area contributed by atoms with Crippen molar-refractivity contribution in [3.63, 3.8) is 0 Å². The van der Waals surface area contributed by atoms with Gasteiger partial charge in [-0.3, -0.25) is 4.57 Å². The van der Waals surface area contributed by atoms with E-state index in [0.717, 1.165) is 38.8 Å². The maximum absolute atomic E-state index is 6.08. The average Bonchev–Trinajstić information content (AvgIpc) is 3.23. The van der Waals surface area contributed by atoms with E-state index in [4.69, 9.17) is 9.40 Å². The molecule has 0 saturated carbocycles. The lowest BCUT2D eigenvalue weighted by Gasteiger charge is -2.08. The van der Waals surface area contributed by atoms with Crippen LogP contribution in [0.1, 0.15) is 0 Å². The average molecular weight is 346 g/mol. The fourth-order valence-electron chi connectivity index (χ4n) is 4.14. The second kappa shape index (κ2) is 5.24. The van der Waals surface area contributed by atoms with Crippen LogP contribution in [0.3, 0.4) is 0 Å². The Morgan fingerprint density at radius 3 is 2.44 bits per heavy atom. The highest BCUT2D eigenvalue weighted by atomic mass is 16.3. The van der Waals surface area contributed by atoms with Gasteiger partial charge in [-0.25, -0.2) is 4.98 Å². The third-order valence-corrected chi connectivity index (χ3v) is 5.31. The highest BCUT2D eigenvalue weighted by Gasteiger charge is 2.18. The van der Waals surface area contributed by atoms with E-state index in [0.29, 0.717) is 0 Å². The van der Waals surface area contributed by atoms with Crippen LogP contribution in [0.25, 0.3) is 49.6 Å². The summed E-state index contributed by atoms with van der Waals surface area (Å²) in [6, 6.07) is 25.2. The molecule has 0 unspecified atom stereocenters. The molecule has 0 spiro atoms. The van der Waals surface area contributed by atoms with Gasteiger partial charge in [0.2, 0.25) is 0 Å². The van der Waals surface area contributed by atoms with Crippen LogP contribution in [0.15, 0.2) is 83.4 Å². The zero-order valence-corrected chi connectivity index (χ0v) is 14.8. The van der Waals surface area contributed by atoms with Gasteiger partial charge in [-0.1, -0.05) is 54.0 Å². The van der Waals surface area contributed by atoms with E-state index in [1.165, 1.54) is 16.2 Å². The summed E-state index contributed by atoms with van der Waals surface area (Å²) in [5.41, 5.74) is 5.32. The first kappa shape index (κ1) is 14.6. The molecule has 0 atom stereocenters. The quantitative estimate of drug-likeness (QED) is 0.415. The minimum absolute atomic E-state index is 0.860. The molecule has 0 radical (unpaired) electrons. The van der Waals surface area contributed by atoms with Crippen molar-refractivity contribution in [2.24, 2.45) is 0 Å². The molecule has 27 heavy (non-hydrogen) atoms. The van der Waals surface area contributed by atoms with Crippen LogP contribution in [0.4, 0.5) is 0 Å². The Hall–Kier alpha value is -3.53. The van der Waals surface area contributed by atoms with Crippen LogP contribution in [-0.4, -0.2) is 17.4 Å². The minimum Gasteiger partial charge on any atom is -0.456 e. The Morgan fingerprint density at radius 2 is 1.52 bits per heavy atom. The van der Waals surface area contributed by atoms with Crippen molar-refractivity contribution < 1.29 is 4.42 Å². The normalized spacial score (nSPS) is 11.9. The highest BCUT2D eigenvalue weighted by molar-refractivity contribution is 6.34. The lowest BCUT2D eigenvalue weighted by Crippen LogP contribution is -2.01. The summed E-state index contributed by atoms with van der Waals surface area (Å²) in [7, 11) is 2.13. The van der Waals surface area contributed by atoms with Crippen LogP contribution in [0, 0.1) is 0 Å². The molecule has 0 fully saturated rings. The van der Waals surface area contributed by atoms with E-state index in [2.05, 4.69) is 60.9 Å². The van der Waals surface area contributed by atoms with Gasteiger partial charge in [0.25, 0.3) is 0 Å². The van der Waals surface area contributed by atoms with Gasteiger partial charge in [0.15, 0.2) is 0 Å². The third kappa shape index (κ3) is 1.95. The molecular weight excluding hydrogens is 331 g/mol. The Labute approximate surface area is 156 Å². The molecule has 3 nitrogen and oxygen atoms in total. The minimum atomic E-state index is 0.860. The zero-order chi connectivity index (χ0) is 18.0. The Morgan fingerprint density at radius 1 is 0.741 bits per heavy atom. The number of hydrogen-bond acceptors (Lipinski definition) is 2. The Kier molecular flexibility index (Phi) is 2.84. The van der Waals surface area contributed by atoms with Gasteiger partial charge >= 0.3 is 0 Å². The maximum Gasteiger partial charge on any atom is 0.149 e. The largest absolute Gasteiger partial charge is 0.456 e. The molecular formula is C23H15BN2O. The molecule has 3 heterocycles. The lowest BCUT2D eigenvalue weighted by atomic mass is 9.94. The summed E-state index contributed by atoms with van der Waals surface area (Å²) in [6.45, 7) is 0. The molecule has 0 aliphatic heterocycles. The van der Waals surface area contributed by atoms with Crippen molar-refractivity contribution in [2.45, 2.75) is 0 Å². The fraction of sp³-hybridized carbons (Fsp3) is 0. The number of hydrogen-bond donors (Lipinski definition) is 0. The van der Waals surface area contributed by atoms with Crippen molar-refractivity contribution in [1.29, 1.82) is 0 Å². The van der Waals surface area contributed by atoms with Crippen LogP contribution in [0.5, 0.6) is 0 Å². The summed E-state index contributed by atoms with van der Waals surface area (Å²) in [4.78, 5) is 4.80. The molecule has 0 aliphatic carbocycles. The number of rotatable bonds is 1. The van der Waals surface area contributed by atoms with Gasteiger partial charge < -0.3 is 4.42 Å². The van der Waals surface area contributed by atoms with Gasteiger partial charge in [0.1, 0.15) is 24.8 Å². The first-order chi connectivity index (χ1) is 13.3. The zero-order valence-electron chi connectivity index (χ0n) is 14.8. The summed E-state index contributed by atoms with van der Waals surface area (Å²) < 4.78 is 8.34. The third-order valence-electron chi connectivity index (χ3n) is 5.31. The van der Waals surface area contributed by atoms with Crippen molar-refractivity contribution in [3.05, 3.63) is 79.0 Å². The monoisotopic (exact) mass is 346 g/mol. The van der Waals surface area contributed by atoms with Gasteiger partial charge in [0, 0.05) is 22.4 Å². The van der Waals surface area contributed by atoms with Crippen LogP contribution in [0.2, 0.25) is 0 Å². The second-order valence-electron chi connectivity index (χ2n) is 6.98. The van der Waals surface area contributed by atoms with E-state index in [1.807, 2.05) is 30.5 Å². The standard InChI is InChI=1S/C23H15BN2O/c24-14-9-10-19-17(13-14)15-5-1-3-7-18(15)26(19)23-22-16-6-2-4-8-20(16)27-21(22)11-12-25-23/h1-13H,24H2. The number of nitrogens with zero attached hydrogens (tertiary/aromatic N) is 2. The van der Waals surface area contributed by atoms with Gasteiger partial charge in [-0.15, -0.1) is 0 Å². The lowest BCUT2D eigenvalue weighted by molar-refractivity contribution is 0.668. The number of benzene rings is 3. The van der Waals surface area contributed by atoms with E-state index in [-0.39, 0.29) is 0 Å². The van der Waals surface area contributed by atoms with E-state index < -0.39 is 0 Å². The molecule has 6 aromatic rings. The second-order valence-corrected chi connectivity index (χ2v) is 6.98. The van der Waals surface area contributed by atoms with E-state index >= 15 is 0 Å². The van der Waals surface area contributed by atoms with Crippen LogP contribution >= 0.6 is 0 Å². The topological polar surface area (TPSA) is 31.0 Å². The summed E-state index contributed by atoms with van der Waals surface area (Å²) in [5, 5.41) is 4.63.